The first-order valence-corrected chi connectivity index (χ1v) is 7.95. The molecule has 0 aliphatic heterocycles. The van der Waals surface area contributed by atoms with Crippen LogP contribution in [0.1, 0.15) is 66.7 Å². The van der Waals surface area contributed by atoms with Crippen molar-refractivity contribution in [3.05, 3.63) is 0 Å². The van der Waals surface area contributed by atoms with E-state index in [1.165, 1.54) is 0 Å². The Hall–Kier alpha value is -0.610. The van der Waals surface area contributed by atoms with Crippen LogP contribution in [0.4, 0.5) is 0 Å². The molecule has 0 heterocycles. The minimum absolute atomic E-state index is 0.176. The number of carboxylic acid groups (broad SMARTS) is 1. The van der Waals surface area contributed by atoms with Crippen LogP contribution in [0.25, 0.3) is 0 Å². The monoisotopic (exact) mass is 286 g/mol. The summed E-state index contributed by atoms with van der Waals surface area (Å²) in [7, 11) is 2.12. The van der Waals surface area contributed by atoms with E-state index < -0.39 is 11.5 Å². The summed E-state index contributed by atoms with van der Waals surface area (Å²) in [5.74, 6) is -0.717. The van der Waals surface area contributed by atoms with E-state index in [2.05, 4.69) is 45.0 Å². The van der Waals surface area contributed by atoms with Gasteiger partial charge in [-0.25, -0.2) is 0 Å². The molecule has 0 rings (SSSR count). The predicted octanol–water partition coefficient (Wildman–Crippen LogP) is 3.12. The van der Waals surface area contributed by atoms with Gasteiger partial charge < -0.3 is 15.3 Å². The standard InChI is InChI=1S/C16H34N2O2/c1-7-12-17-16(9-3,14(19)20)11-10-13-18(6)15(4,5)8-2/h17H,7-13H2,1-6H3,(H,19,20). The van der Waals surface area contributed by atoms with E-state index in [1.54, 1.807) is 0 Å². The first-order chi connectivity index (χ1) is 9.25. The van der Waals surface area contributed by atoms with Gasteiger partial charge >= 0.3 is 5.97 Å². The summed E-state index contributed by atoms with van der Waals surface area (Å²) in [6.45, 7) is 12.4. The van der Waals surface area contributed by atoms with Crippen LogP contribution >= 0.6 is 0 Å². The van der Waals surface area contributed by atoms with Gasteiger partial charge in [0.25, 0.3) is 0 Å². The summed E-state index contributed by atoms with van der Waals surface area (Å²) in [4.78, 5) is 13.9. The number of hydrogen-bond donors (Lipinski definition) is 2. The zero-order valence-electron chi connectivity index (χ0n) is 14.3. The zero-order chi connectivity index (χ0) is 15.8. The summed E-state index contributed by atoms with van der Waals surface area (Å²) in [6.07, 6.45) is 4.26. The molecular weight excluding hydrogens is 252 g/mol. The second-order valence-corrected chi connectivity index (χ2v) is 6.36. The van der Waals surface area contributed by atoms with Gasteiger partial charge in [0.05, 0.1) is 0 Å². The molecule has 0 spiro atoms. The van der Waals surface area contributed by atoms with Crippen LogP contribution in [-0.4, -0.2) is 47.2 Å². The highest BCUT2D eigenvalue weighted by Crippen LogP contribution is 2.21. The maximum absolute atomic E-state index is 11.6. The van der Waals surface area contributed by atoms with Crippen LogP contribution in [0.5, 0.6) is 0 Å². The molecule has 0 amide bonds. The van der Waals surface area contributed by atoms with E-state index in [0.29, 0.717) is 12.8 Å². The molecule has 0 bridgehead atoms. The first kappa shape index (κ1) is 19.4. The molecule has 0 fully saturated rings. The molecule has 0 saturated heterocycles. The van der Waals surface area contributed by atoms with E-state index in [-0.39, 0.29) is 5.54 Å². The summed E-state index contributed by atoms with van der Waals surface area (Å²) in [5, 5.41) is 12.8. The van der Waals surface area contributed by atoms with Crippen molar-refractivity contribution in [2.45, 2.75) is 77.8 Å². The van der Waals surface area contributed by atoms with Gasteiger partial charge in [-0.1, -0.05) is 20.8 Å². The van der Waals surface area contributed by atoms with Crippen LogP contribution in [0.2, 0.25) is 0 Å². The summed E-state index contributed by atoms with van der Waals surface area (Å²) < 4.78 is 0. The van der Waals surface area contributed by atoms with E-state index in [9.17, 15) is 9.90 Å². The topological polar surface area (TPSA) is 52.6 Å². The average Bonchev–Trinajstić information content (AvgIpc) is 2.42. The number of aliphatic carboxylic acids is 1. The van der Waals surface area contributed by atoms with Gasteiger partial charge in [-0.15, -0.1) is 0 Å². The molecular formula is C16H34N2O2. The lowest BCUT2D eigenvalue weighted by atomic mass is 9.89. The van der Waals surface area contributed by atoms with Crippen molar-refractivity contribution < 1.29 is 9.90 Å². The SMILES string of the molecule is CCCNC(CC)(CCCN(C)C(C)(C)CC)C(=O)O. The van der Waals surface area contributed by atoms with Crippen molar-refractivity contribution in [1.82, 2.24) is 10.2 Å². The number of rotatable bonds is 11. The van der Waals surface area contributed by atoms with Gasteiger partial charge in [-0.3, -0.25) is 4.79 Å². The molecule has 0 radical (unpaired) electrons. The molecule has 4 nitrogen and oxygen atoms in total. The minimum atomic E-state index is -0.757. The molecule has 0 saturated carbocycles. The van der Waals surface area contributed by atoms with Crippen molar-refractivity contribution in [3.63, 3.8) is 0 Å². The Kier molecular flexibility index (Phi) is 8.36. The number of nitrogens with one attached hydrogen (secondary N) is 1. The molecule has 0 aliphatic rings. The molecule has 0 aromatic carbocycles. The Morgan fingerprint density at radius 2 is 1.80 bits per heavy atom. The van der Waals surface area contributed by atoms with Gasteiger partial charge in [0, 0.05) is 5.54 Å². The van der Waals surface area contributed by atoms with Gasteiger partial charge in [-0.05, 0) is 66.1 Å². The Bertz CT molecular complexity index is 292. The molecule has 120 valence electrons. The highest BCUT2D eigenvalue weighted by molar-refractivity contribution is 5.78. The average molecular weight is 286 g/mol. The number of hydrogen-bond acceptors (Lipinski definition) is 3. The Morgan fingerprint density at radius 1 is 1.20 bits per heavy atom. The smallest absolute Gasteiger partial charge is 0.323 e. The van der Waals surface area contributed by atoms with Crippen molar-refractivity contribution >= 4 is 5.97 Å². The fraction of sp³-hybridized carbons (Fsp3) is 0.938. The highest BCUT2D eigenvalue weighted by Gasteiger charge is 2.35. The largest absolute Gasteiger partial charge is 0.480 e. The maximum atomic E-state index is 11.6. The lowest BCUT2D eigenvalue weighted by Gasteiger charge is -2.36. The van der Waals surface area contributed by atoms with Crippen LogP contribution in [0, 0.1) is 0 Å². The van der Waals surface area contributed by atoms with E-state index >= 15 is 0 Å². The van der Waals surface area contributed by atoms with E-state index in [4.69, 9.17) is 0 Å². The zero-order valence-corrected chi connectivity index (χ0v) is 14.3. The molecule has 1 unspecified atom stereocenters. The Labute approximate surface area is 124 Å². The number of carbonyl (C=O) groups is 1. The summed E-state index contributed by atoms with van der Waals surface area (Å²) in [6, 6.07) is 0. The number of carboxylic acids is 1. The van der Waals surface area contributed by atoms with Gasteiger partial charge in [0.2, 0.25) is 0 Å². The lowest BCUT2D eigenvalue weighted by Crippen LogP contribution is -2.52. The predicted molar refractivity (Wildman–Crippen MR) is 85.2 cm³/mol. The second kappa shape index (κ2) is 8.63. The normalized spacial score (nSPS) is 15.3. The van der Waals surface area contributed by atoms with Crippen molar-refractivity contribution in [3.8, 4) is 0 Å². The Balaban J connectivity index is 4.51. The molecule has 1 atom stereocenters. The summed E-state index contributed by atoms with van der Waals surface area (Å²) in [5.41, 5.74) is -0.581. The van der Waals surface area contributed by atoms with Gasteiger partial charge in [0.1, 0.15) is 5.54 Å². The fourth-order valence-corrected chi connectivity index (χ4v) is 2.28. The quantitative estimate of drug-likeness (QED) is 0.613. The Morgan fingerprint density at radius 3 is 2.20 bits per heavy atom. The van der Waals surface area contributed by atoms with Crippen LogP contribution in [0.3, 0.4) is 0 Å². The third-order valence-corrected chi connectivity index (χ3v) is 4.72. The molecule has 4 heteroatoms. The molecule has 20 heavy (non-hydrogen) atoms. The third kappa shape index (κ3) is 5.41. The lowest BCUT2D eigenvalue weighted by molar-refractivity contribution is -0.145. The van der Waals surface area contributed by atoms with Crippen molar-refractivity contribution in [1.29, 1.82) is 0 Å². The van der Waals surface area contributed by atoms with Crippen LogP contribution in [-0.2, 0) is 4.79 Å². The maximum Gasteiger partial charge on any atom is 0.323 e. The molecule has 0 aliphatic carbocycles. The molecule has 2 N–H and O–H groups in total. The van der Waals surface area contributed by atoms with Gasteiger partial charge in [-0.2, -0.15) is 0 Å². The number of nitrogens with zero attached hydrogens (tertiary/aromatic N) is 1. The summed E-state index contributed by atoms with van der Waals surface area (Å²) >= 11 is 0. The highest BCUT2D eigenvalue weighted by atomic mass is 16.4. The van der Waals surface area contributed by atoms with Crippen LogP contribution in [0.15, 0.2) is 0 Å². The molecule has 0 aromatic rings. The first-order valence-electron chi connectivity index (χ1n) is 7.95. The van der Waals surface area contributed by atoms with Crippen molar-refractivity contribution in [2.75, 3.05) is 20.1 Å². The van der Waals surface area contributed by atoms with Gasteiger partial charge in [0.15, 0.2) is 0 Å². The molecule has 0 aromatic heterocycles. The van der Waals surface area contributed by atoms with E-state index in [0.717, 1.165) is 32.4 Å². The van der Waals surface area contributed by atoms with Crippen LogP contribution < -0.4 is 5.32 Å². The minimum Gasteiger partial charge on any atom is -0.480 e. The van der Waals surface area contributed by atoms with E-state index in [1.807, 2.05) is 6.92 Å². The third-order valence-electron chi connectivity index (χ3n) is 4.72. The van der Waals surface area contributed by atoms with Crippen molar-refractivity contribution in [2.24, 2.45) is 0 Å². The fourth-order valence-electron chi connectivity index (χ4n) is 2.28. The second-order valence-electron chi connectivity index (χ2n) is 6.36.